The molecule has 1 fully saturated rings. The molecule has 9 heteroatoms. The summed E-state index contributed by atoms with van der Waals surface area (Å²) in [6.07, 6.45) is 3.67. The zero-order valence-electron chi connectivity index (χ0n) is 14.8. The number of hydrogen-bond donors (Lipinski definition) is 2. The number of hydrogen-bond acceptors (Lipinski definition) is 6. The van der Waals surface area contributed by atoms with Crippen LogP contribution in [0.3, 0.4) is 0 Å². The van der Waals surface area contributed by atoms with Crippen LogP contribution in [0.5, 0.6) is 0 Å². The quantitative estimate of drug-likeness (QED) is 0.584. The van der Waals surface area contributed by atoms with E-state index in [9.17, 15) is 9.90 Å². The lowest BCUT2D eigenvalue weighted by atomic mass is 9.97. The molecular weight excluding hydrogens is 352 g/mol. The van der Waals surface area contributed by atoms with E-state index in [0.717, 1.165) is 36.0 Å². The highest BCUT2D eigenvalue weighted by molar-refractivity contribution is 7.99. The number of pyridine rings is 1. The van der Waals surface area contributed by atoms with Crippen LogP contribution in [0.4, 0.5) is 4.79 Å². The lowest BCUT2D eigenvalue weighted by molar-refractivity contribution is 0.178. The molecule has 0 radical (unpaired) electrons. The van der Waals surface area contributed by atoms with Gasteiger partial charge in [0, 0.05) is 44.5 Å². The van der Waals surface area contributed by atoms with Gasteiger partial charge in [0.25, 0.3) is 0 Å². The molecule has 1 aliphatic rings. The average molecular weight is 376 g/mol. The minimum Gasteiger partial charge on any atom is -0.388 e. The van der Waals surface area contributed by atoms with Gasteiger partial charge >= 0.3 is 6.03 Å². The smallest absolute Gasteiger partial charge is 0.317 e. The zero-order valence-corrected chi connectivity index (χ0v) is 15.7. The summed E-state index contributed by atoms with van der Waals surface area (Å²) in [5.41, 5.74) is 0. The summed E-state index contributed by atoms with van der Waals surface area (Å²) in [5.74, 6) is 2.31. The molecule has 1 unspecified atom stereocenters. The van der Waals surface area contributed by atoms with Crippen LogP contribution in [0.25, 0.3) is 0 Å². The zero-order chi connectivity index (χ0) is 18.4. The normalized spacial score (nSPS) is 17.3. The highest BCUT2D eigenvalue weighted by Gasteiger charge is 2.28. The Morgan fingerprint density at radius 3 is 3.04 bits per heavy atom. The molecule has 140 valence electrons. The van der Waals surface area contributed by atoms with Crippen LogP contribution in [-0.4, -0.2) is 61.2 Å². The Kier molecular flexibility index (Phi) is 6.45. The molecule has 1 atom stereocenters. The van der Waals surface area contributed by atoms with Gasteiger partial charge in [-0.05, 0) is 25.0 Å². The van der Waals surface area contributed by atoms with E-state index in [0.29, 0.717) is 18.9 Å². The van der Waals surface area contributed by atoms with Crippen molar-refractivity contribution in [1.29, 1.82) is 0 Å². The number of nitrogens with zero attached hydrogens (tertiary/aromatic N) is 5. The van der Waals surface area contributed by atoms with E-state index in [4.69, 9.17) is 0 Å². The van der Waals surface area contributed by atoms with Gasteiger partial charge in [-0.15, -0.1) is 22.0 Å². The fourth-order valence-corrected chi connectivity index (χ4v) is 3.82. The van der Waals surface area contributed by atoms with E-state index < -0.39 is 0 Å². The van der Waals surface area contributed by atoms with E-state index in [1.807, 2.05) is 34.7 Å². The predicted molar refractivity (Wildman–Crippen MR) is 98.8 cm³/mol. The summed E-state index contributed by atoms with van der Waals surface area (Å²) < 4.78 is 1.83. The van der Waals surface area contributed by atoms with E-state index >= 15 is 0 Å². The van der Waals surface area contributed by atoms with Crippen molar-refractivity contribution in [3.63, 3.8) is 0 Å². The molecule has 0 aromatic carbocycles. The van der Waals surface area contributed by atoms with Crippen molar-refractivity contribution in [3.05, 3.63) is 36.0 Å². The third kappa shape index (κ3) is 4.53. The molecule has 0 bridgehead atoms. The number of piperidine rings is 1. The first-order valence-electron chi connectivity index (χ1n) is 8.74. The van der Waals surface area contributed by atoms with Crippen molar-refractivity contribution in [1.82, 2.24) is 30.0 Å². The van der Waals surface area contributed by atoms with Crippen LogP contribution in [0.15, 0.2) is 29.4 Å². The van der Waals surface area contributed by atoms with E-state index in [1.165, 1.54) is 0 Å². The molecule has 3 rings (SSSR count). The molecule has 0 aliphatic carbocycles. The number of rotatable bonds is 6. The second kappa shape index (κ2) is 9.00. The van der Waals surface area contributed by atoms with Crippen LogP contribution in [0, 0.1) is 0 Å². The lowest BCUT2D eigenvalue weighted by Gasteiger charge is -2.32. The van der Waals surface area contributed by atoms with Gasteiger partial charge in [-0.25, -0.2) is 9.78 Å². The summed E-state index contributed by atoms with van der Waals surface area (Å²) in [6, 6.07) is 5.76. The topological polar surface area (TPSA) is 96.2 Å². The maximum absolute atomic E-state index is 12.4. The van der Waals surface area contributed by atoms with Gasteiger partial charge in [0.15, 0.2) is 5.82 Å². The van der Waals surface area contributed by atoms with Crippen molar-refractivity contribution in [3.8, 4) is 0 Å². The molecular formula is C17H24N6O2S. The Morgan fingerprint density at radius 2 is 2.31 bits per heavy atom. The Hall–Kier alpha value is -2.13. The summed E-state index contributed by atoms with van der Waals surface area (Å²) in [5, 5.41) is 21.4. The first kappa shape index (κ1) is 18.7. The number of nitrogens with one attached hydrogen (secondary N) is 1. The maximum Gasteiger partial charge on any atom is 0.317 e. The van der Waals surface area contributed by atoms with Crippen molar-refractivity contribution < 1.29 is 9.90 Å². The fourth-order valence-electron chi connectivity index (χ4n) is 3.10. The average Bonchev–Trinajstić information content (AvgIpc) is 3.06. The largest absolute Gasteiger partial charge is 0.388 e. The molecule has 2 aromatic heterocycles. The molecule has 26 heavy (non-hydrogen) atoms. The van der Waals surface area contributed by atoms with Crippen molar-refractivity contribution in [2.24, 2.45) is 7.05 Å². The van der Waals surface area contributed by atoms with Gasteiger partial charge in [0.1, 0.15) is 12.4 Å². The van der Waals surface area contributed by atoms with Gasteiger partial charge < -0.3 is 19.9 Å². The highest BCUT2D eigenvalue weighted by Crippen LogP contribution is 2.25. The van der Waals surface area contributed by atoms with Crippen molar-refractivity contribution in [2.75, 3.05) is 25.4 Å². The Morgan fingerprint density at radius 1 is 1.42 bits per heavy atom. The number of aliphatic hydroxyl groups excluding tert-OH is 1. The molecule has 2 aromatic rings. The summed E-state index contributed by atoms with van der Waals surface area (Å²) >= 11 is 1.62. The van der Waals surface area contributed by atoms with Crippen molar-refractivity contribution in [2.45, 2.75) is 30.4 Å². The SMILES string of the molecule is Cn1c(CO)nnc1C1CCCN(C(=O)NCCSc2ccccn2)C1. The number of aliphatic hydroxyl groups is 1. The number of carbonyl (C=O) groups excluding carboxylic acids is 1. The van der Waals surface area contributed by atoms with E-state index in [1.54, 1.807) is 18.0 Å². The number of likely N-dealkylation sites (tertiary alicyclic amines) is 1. The Bertz CT molecular complexity index is 723. The van der Waals surface area contributed by atoms with Crippen LogP contribution in [0.2, 0.25) is 0 Å². The number of carbonyl (C=O) groups is 1. The van der Waals surface area contributed by atoms with Gasteiger partial charge in [-0.1, -0.05) is 6.07 Å². The fraction of sp³-hybridized carbons (Fsp3) is 0.529. The molecule has 2 N–H and O–H groups in total. The molecule has 3 heterocycles. The van der Waals surface area contributed by atoms with E-state index in [-0.39, 0.29) is 18.6 Å². The van der Waals surface area contributed by atoms with Crippen LogP contribution in [-0.2, 0) is 13.7 Å². The first-order chi connectivity index (χ1) is 12.7. The van der Waals surface area contributed by atoms with Gasteiger partial charge in [-0.2, -0.15) is 0 Å². The molecule has 8 nitrogen and oxygen atoms in total. The molecule has 0 saturated carbocycles. The molecule has 2 amide bonds. The van der Waals surface area contributed by atoms with E-state index in [2.05, 4.69) is 20.5 Å². The monoisotopic (exact) mass is 376 g/mol. The van der Waals surface area contributed by atoms with Crippen LogP contribution >= 0.6 is 11.8 Å². The minimum atomic E-state index is -0.131. The Balaban J connectivity index is 1.47. The van der Waals surface area contributed by atoms with Gasteiger partial charge in [0.2, 0.25) is 0 Å². The van der Waals surface area contributed by atoms with Crippen LogP contribution in [0.1, 0.15) is 30.4 Å². The summed E-state index contributed by atoms with van der Waals surface area (Å²) in [7, 11) is 1.86. The number of aromatic nitrogens is 4. The minimum absolute atomic E-state index is 0.0409. The second-order valence-electron chi connectivity index (χ2n) is 6.23. The second-order valence-corrected chi connectivity index (χ2v) is 7.34. The number of amides is 2. The highest BCUT2D eigenvalue weighted by atomic mass is 32.2. The van der Waals surface area contributed by atoms with Gasteiger partial charge in [-0.3, -0.25) is 0 Å². The van der Waals surface area contributed by atoms with Crippen LogP contribution < -0.4 is 5.32 Å². The number of urea groups is 1. The predicted octanol–water partition coefficient (Wildman–Crippen LogP) is 1.38. The third-order valence-corrected chi connectivity index (χ3v) is 5.43. The van der Waals surface area contributed by atoms with Crippen molar-refractivity contribution >= 4 is 17.8 Å². The maximum atomic E-state index is 12.4. The molecule has 1 aliphatic heterocycles. The standard InChI is InChI=1S/C17H24N6O2S/c1-22-14(12-24)20-21-16(22)13-5-4-9-23(11-13)17(25)19-8-10-26-15-6-2-3-7-18-15/h2-3,6-7,13,24H,4-5,8-12H2,1H3,(H,19,25). The van der Waals surface area contributed by atoms with Gasteiger partial charge in [0.05, 0.1) is 5.03 Å². The number of thioether (sulfide) groups is 1. The summed E-state index contributed by atoms with van der Waals surface area (Å²) in [4.78, 5) is 18.5. The summed E-state index contributed by atoms with van der Waals surface area (Å²) in [6.45, 7) is 1.84. The lowest BCUT2D eigenvalue weighted by Crippen LogP contribution is -2.45. The molecule has 0 spiro atoms. The third-order valence-electron chi connectivity index (χ3n) is 4.48. The first-order valence-corrected chi connectivity index (χ1v) is 9.73. The molecule has 1 saturated heterocycles. The Labute approximate surface area is 157 Å².